The molecule has 0 aromatic heterocycles. The van der Waals surface area contributed by atoms with Gasteiger partial charge in [-0.3, -0.25) is 0 Å². The summed E-state index contributed by atoms with van der Waals surface area (Å²) in [5.41, 5.74) is 0. The van der Waals surface area contributed by atoms with Gasteiger partial charge in [0.1, 0.15) is 0 Å². The van der Waals surface area contributed by atoms with E-state index >= 15 is 0 Å². The Kier molecular flexibility index (Phi) is 15.7. The van der Waals surface area contributed by atoms with Gasteiger partial charge in [0, 0.05) is 5.75 Å². The summed E-state index contributed by atoms with van der Waals surface area (Å²) in [6, 6.07) is 0. The van der Waals surface area contributed by atoms with Crippen molar-refractivity contribution >= 4 is 17.1 Å². The maximum Gasteiger partial charge on any atom is 0.364 e. The van der Waals surface area contributed by atoms with Gasteiger partial charge in [0.25, 0.3) is 0 Å². The first kappa shape index (κ1) is 18.8. The quantitative estimate of drug-likeness (QED) is 0.371. The highest BCUT2D eigenvalue weighted by Crippen LogP contribution is 2.13. The number of carbonyl (C=O) groups is 1. The fourth-order valence-corrected chi connectivity index (χ4v) is 2.80. The van der Waals surface area contributed by atoms with Crippen molar-refractivity contribution in [3.8, 4) is 0 Å². The van der Waals surface area contributed by atoms with E-state index in [-0.39, 0.29) is 0 Å². The topological polar surface area (TPSA) is 37.3 Å². The predicted molar refractivity (Wildman–Crippen MR) is 86.2 cm³/mol. The first-order valence-electron chi connectivity index (χ1n) is 8.13. The summed E-state index contributed by atoms with van der Waals surface area (Å²) in [5.74, 6) is 0.771. The molecule has 0 aromatic rings. The van der Waals surface area contributed by atoms with Gasteiger partial charge in [0.2, 0.25) is 0 Å². The van der Waals surface area contributed by atoms with Gasteiger partial charge in [-0.2, -0.15) is 0 Å². The fourth-order valence-electron chi connectivity index (χ4n) is 2.28. The van der Waals surface area contributed by atoms with Crippen molar-refractivity contribution in [1.82, 2.24) is 0 Å². The molecule has 0 aliphatic carbocycles. The first-order valence-corrected chi connectivity index (χ1v) is 9.11. The Morgan fingerprint density at radius 3 is 1.47 bits per heavy atom. The van der Waals surface area contributed by atoms with Crippen LogP contribution in [0.5, 0.6) is 0 Å². The van der Waals surface area contributed by atoms with E-state index in [9.17, 15) is 4.79 Å². The second kappa shape index (κ2) is 15.9. The summed E-state index contributed by atoms with van der Waals surface area (Å²) < 4.78 is 0. The van der Waals surface area contributed by atoms with Gasteiger partial charge in [0.15, 0.2) is 0 Å². The summed E-state index contributed by atoms with van der Waals surface area (Å²) in [7, 11) is 0. The van der Waals surface area contributed by atoms with E-state index in [2.05, 4.69) is 6.92 Å². The third-order valence-electron chi connectivity index (χ3n) is 3.47. The van der Waals surface area contributed by atoms with Crippen molar-refractivity contribution in [3.63, 3.8) is 0 Å². The number of carboxylic acid groups (broad SMARTS) is 1. The molecule has 0 amide bonds. The number of hydrogen-bond acceptors (Lipinski definition) is 2. The minimum atomic E-state index is -0.737. The van der Waals surface area contributed by atoms with Crippen LogP contribution in [-0.4, -0.2) is 16.2 Å². The second-order valence-corrected chi connectivity index (χ2v) is 6.40. The standard InChI is InChI=1S/C16H32O2S/c1-2-3-4-5-6-7-8-9-10-11-12-13-14-15-19-16(17)18/h2-15H2,1H3,(H,17,18). The molecule has 0 aliphatic rings. The number of hydrogen-bond donors (Lipinski definition) is 1. The van der Waals surface area contributed by atoms with Crippen molar-refractivity contribution < 1.29 is 9.90 Å². The van der Waals surface area contributed by atoms with E-state index in [4.69, 9.17) is 5.11 Å². The molecule has 0 saturated carbocycles. The number of rotatable bonds is 14. The van der Waals surface area contributed by atoms with Crippen molar-refractivity contribution in [3.05, 3.63) is 0 Å². The Hall–Kier alpha value is -0.180. The molecular weight excluding hydrogens is 256 g/mol. The smallest absolute Gasteiger partial charge is 0.364 e. The molecule has 2 nitrogen and oxygen atoms in total. The van der Waals surface area contributed by atoms with Crippen LogP contribution < -0.4 is 0 Å². The van der Waals surface area contributed by atoms with Gasteiger partial charge >= 0.3 is 5.30 Å². The SMILES string of the molecule is CCCCCCCCCCCCCCCSC(=O)O. The summed E-state index contributed by atoms with van der Waals surface area (Å²) in [6.45, 7) is 2.26. The van der Waals surface area contributed by atoms with Gasteiger partial charge in [0.05, 0.1) is 0 Å². The molecule has 1 N–H and O–H groups in total. The lowest BCUT2D eigenvalue weighted by atomic mass is 10.1. The largest absolute Gasteiger partial charge is 0.473 e. The molecule has 0 aromatic carbocycles. The van der Waals surface area contributed by atoms with Crippen LogP contribution in [0.3, 0.4) is 0 Å². The second-order valence-electron chi connectivity index (χ2n) is 5.36. The predicted octanol–water partition coefficient (Wildman–Crippen LogP) is 6.49. The van der Waals surface area contributed by atoms with E-state index < -0.39 is 5.30 Å². The maximum atomic E-state index is 10.3. The molecule has 114 valence electrons. The molecule has 0 aliphatic heterocycles. The van der Waals surface area contributed by atoms with Crippen molar-refractivity contribution in [2.45, 2.75) is 90.4 Å². The minimum Gasteiger partial charge on any atom is -0.473 e. The lowest BCUT2D eigenvalue weighted by Gasteiger charge is -2.02. The maximum absolute atomic E-state index is 10.3. The fraction of sp³-hybridized carbons (Fsp3) is 0.938. The van der Waals surface area contributed by atoms with E-state index in [0.717, 1.165) is 23.9 Å². The molecule has 0 saturated heterocycles. The average molecular weight is 288 g/mol. The van der Waals surface area contributed by atoms with Crippen molar-refractivity contribution in [2.24, 2.45) is 0 Å². The molecular formula is C16H32O2S. The van der Waals surface area contributed by atoms with Gasteiger partial charge in [-0.05, 0) is 18.2 Å². The van der Waals surface area contributed by atoms with E-state index in [1.165, 1.54) is 77.0 Å². The van der Waals surface area contributed by atoms with E-state index in [1.54, 1.807) is 0 Å². The first-order chi connectivity index (χ1) is 9.27. The zero-order valence-corrected chi connectivity index (χ0v) is 13.5. The van der Waals surface area contributed by atoms with Crippen LogP contribution in [0.4, 0.5) is 4.79 Å². The Morgan fingerprint density at radius 2 is 1.11 bits per heavy atom. The molecule has 3 heteroatoms. The molecule has 0 bridgehead atoms. The Bertz CT molecular complexity index is 195. The highest BCUT2D eigenvalue weighted by Gasteiger charge is 1.97. The summed E-state index contributed by atoms with van der Waals surface area (Å²) in [6.07, 6.45) is 17.4. The third-order valence-corrected chi connectivity index (χ3v) is 4.21. The van der Waals surface area contributed by atoms with E-state index in [1.807, 2.05) is 0 Å². The average Bonchev–Trinajstić information content (AvgIpc) is 2.39. The van der Waals surface area contributed by atoms with Crippen LogP contribution in [0, 0.1) is 0 Å². The third kappa shape index (κ3) is 17.8. The summed E-state index contributed by atoms with van der Waals surface area (Å²) in [4.78, 5) is 10.3. The van der Waals surface area contributed by atoms with Crippen molar-refractivity contribution in [1.29, 1.82) is 0 Å². The summed E-state index contributed by atoms with van der Waals surface area (Å²) >= 11 is 1.03. The normalized spacial score (nSPS) is 10.8. The monoisotopic (exact) mass is 288 g/mol. The molecule has 0 spiro atoms. The zero-order valence-electron chi connectivity index (χ0n) is 12.7. The van der Waals surface area contributed by atoms with Gasteiger partial charge in [-0.1, -0.05) is 84.0 Å². The molecule has 0 atom stereocenters. The summed E-state index contributed by atoms with van der Waals surface area (Å²) in [5, 5.41) is 7.73. The van der Waals surface area contributed by atoms with Crippen molar-refractivity contribution in [2.75, 3.05) is 5.75 Å². The molecule has 0 rings (SSSR count). The van der Waals surface area contributed by atoms with Crippen LogP contribution >= 0.6 is 11.8 Å². The van der Waals surface area contributed by atoms with Crippen LogP contribution in [0.15, 0.2) is 0 Å². The minimum absolute atomic E-state index is 0.737. The number of unbranched alkanes of at least 4 members (excludes halogenated alkanes) is 12. The Balaban J connectivity index is 2.93. The van der Waals surface area contributed by atoms with Gasteiger partial charge in [-0.15, -0.1) is 0 Å². The van der Waals surface area contributed by atoms with Crippen LogP contribution in [0.1, 0.15) is 90.4 Å². The molecule has 0 heterocycles. The highest BCUT2D eigenvalue weighted by atomic mass is 32.2. The molecule has 0 fully saturated rings. The van der Waals surface area contributed by atoms with Gasteiger partial charge in [-0.25, -0.2) is 4.79 Å². The van der Waals surface area contributed by atoms with Crippen LogP contribution in [0.2, 0.25) is 0 Å². The Morgan fingerprint density at radius 1 is 0.737 bits per heavy atom. The van der Waals surface area contributed by atoms with E-state index in [0.29, 0.717) is 0 Å². The number of thioether (sulfide) groups is 1. The van der Waals surface area contributed by atoms with Crippen LogP contribution in [-0.2, 0) is 0 Å². The Labute approximate surface area is 123 Å². The molecule has 0 radical (unpaired) electrons. The van der Waals surface area contributed by atoms with Crippen LogP contribution in [0.25, 0.3) is 0 Å². The van der Waals surface area contributed by atoms with Gasteiger partial charge < -0.3 is 5.11 Å². The lowest BCUT2D eigenvalue weighted by Crippen LogP contribution is -1.88. The highest BCUT2D eigenvalue weighted by molar-refractivity contribution is 8.13. The lowest BCUT2D eigenvalue weighted by molar-refractivity contribution is 0.222. The zero-order chi connectivity index (χ0) is 14.2. The molecule has 19 heavy (non-hydrogen) atoms. The molecule has 0 unspecified atom stereocenters.